The molecule has 2 fully saturated rings. The third kappa shape index (κ3) is 2.68. The van der Waals surface area contributed by atoms with Crippen molar-refractivity contribution in [3.05, 3.63) is 59.4 Å². The van der Waals surface area contributed by atoms with E-state index in [1.165, 1.54) is 11.6 Å². The Morgan fingerprint density at radius 1 is 1.00 bits per heavy atom. The van der Waals surface area contributed by atoms with Crippen molar-refractivity contribution in [1.82, 2.24) is 0 Å². The third-order valence-electron chi connectivity index (χ3n) is 5.67. The predicted molar refractivity (Wildman–Crippen MR) is 97.9 cm³/mol. The van der Waals surface area contributed by atoms with Gasteiger partial charge in [0.2, 0.25) is 0 Å². The average molecular weight is 373 g/mol. The van der Waals surface area contributed by atoms with Gasteiger partial charge in [-0.05, 0) is 67.5 Å². The molecule has 0 N–H and O–H groups in total. The smallest absolute Gasteiger partial charge is 0.305 e. The molecule has 0 radical (unpaired) electrons. The van der Waals surface area contributed by atoms with Crippen LogP contribution in [0.2, 0.25) is 0 Å². The van der Waals surface area contributed by atoms with Crippen molar-refractivity contribution in [3.63, 3.8) is 0 Å². The zero-order chi connectivity index (χ0) is 17.7. The maximum absolute atomic E-state index is 13.9. The van der Waals surface area contributed by atoms with Crippen molar-refractivity contribution in [1.29, 1.82) is 0 Å². The summed E-state index contributed by atoms with van der Waals surface area (Å²) < 4.78 is 36.9. The fraction of sp³-hybridized carbons (Fsp3) is 0.400. The Hall–Kier alpha value is -1.76. The van der Waals surface area contributed by atoms with Crippen LogP contribution in [0.4, 0.5) is 15.8 Å². The number of fused-ring (bicyclic) bond motifs is 3. The molecular formula is C20H20FNO3S. The van der Waals surface area contributed by atoms with Gasteiger partial charge in [0, 0.05) is 11.4 Å². The maximum Gasteiger partial charge on any atom is 0.305 e. The molecule has 6 heteroatoms. The van der Waals surface area contributed by atoms with E-state index >= 15 is 0 Å². The minimum absolute atomic E-state index is 0.0173. The summed E-state index contributed by atoms with van der Waals surface area (Å²) in [6.07, 6.45) is 4.05. The van der Waals surface area contributed by atoms with E-state index in [4.69, 9.17) is 8.37 Å². The quantitative estimate of drug-likeness (QED) is 0.758. The number of benzene rings is 2. The van der Waals surface area contributed by atoms with Crippen molar-refractivity contribution < 1.29 is 17.0 Å². The second kappa shape index (κ2) is 6.44. The van der Waals surface area contributed by atoms with E-state index in [-0.39, 0.29) is 24.1 Å². The number of nitrogens with zero attached hydrogens (tertiary/aromatic N) is 1. The van der Waals surface area contributed by atoms with E-state index in [0.29, 0.717) is 0 Å². The molecule has 2 aromatic carbocycles. The summed E-state index contributed by atoms with van der Waals surface area (Å²) in [5, 5.41) is 0. The molecule has 4 nitrogen and oxygen atoms in total. The molecule has 1 aliphatic carbocycles. The van der Waals surface area contributed by atoms with E-state index < -0.39 is 11.4 Å². The summed E-state index contributed by atoms with van der Waals surface area (Å²) in [6.45, 7) is 0. The molecule has 2 aliphatic heterocycles. The highest BCUT2D eigenvalue weighted by atomic mass is 32.2. The lowest BCUT2D eigenvalue weighted by atomic mass is 9.88. The molecule has 3 aliphatic rings. The summed E-state index contributed by atoms with van der Waals surface area (Å²) in [6, 6.07) is 13.4. The number of rotatable bonds is 1. The molecule has 136 valence electrons. The fourth-order valence-corrected chi connectivity index (χ4v) is 5.41. The van der Waals surface area contributed by atoms with Gasteiger partial charge in [-0.2, -0.15) is 4.21 Å². The van der Waals surface area contributed by atoms with Gasteiger partial charge in [-0.1, -0.05) is 18.2 Å². The Morgan fingerprint density at radius 2 is 1.81 bits per heavy atom. The molecule has 0 aromatic heterocycles. The molecule has 5 rings (SSSR count). The van der Waals surface area contributed by atoms with Crippen LogP contribution in [-0.2, 0) is 32.6 Å². The number of anilines is 2. The topological polar surface area (TPSA) is 38.8 Å². The first kappa shape index (κ1) is 16.4. The highest BCUT2D eigenvalue weighted by molar-refractivity contribution is 7.75. The second-order valence-electron chi connectivity index (χ2n) is 7.17. The third-order valence-corrected chi connectivity index (χ3v) is 6.46. The Morgan fingerprint density at radius 3 is 2.73 bits per heavy atom. The zero-order valence-corrected chi connectivity index (χ0v) is 15.1. The van der Waals surface area contributed by atoms with Gasteiger partial charge in [0.1, 0.15) is 18.0 Å². The normalized spacial score (nSPS) is 30.3. The van der Waals surface area contributed by atoms with Gasteiger partial charge in [-0.25, -0.2) is 4.39 Å². The highest BCUT2D eigenvalue weighted by Gasteiger charge is 2.46. The lowest BCUT2D eigenvalue weighted by molar-refractivity contribution is 0.0920. The molecular weight excluding hydrogens is 353 g/mol. The lowest BCUT2D eigenvalue weighted by Crippen LogP contribution is -2.48. The molecule has 0 bridgehead atoms. The largest absolute Gasteiger partial charge is 0.335 e. The van der Waals surface area contributed by atoms with Crippen LogP contribution in [0.3, 0.4) is 0 Å². The Labute approximate surface area is 154 Å². The van der Waals surface area contributed by atoms with Crippen molar-refractivity contribution in [2.75, 3.05) is 4.90 Å². The summed E-state index contributed by atoms with van der Waals surface area (Å²) >= 11 is -1.68. The number of aryl methyl sites for hydroxylation is 2. The van der Waals surface area contributed by atoms with E-state index in [0.717, 1.165) is 49.0 Å². The highest BCUT2D eigenvalue weighted by Crippen LogP contribution is 2.43. The van der Waals surface area contributed by atoms with Crippen molar-refractivity contribution in [3.8, 4) is 0 Å². The summed E-state index contributed by atoms with van der Waals surface area (Å²) in [7, 11) is 0. The molecule has 1 unspecified atom stereocenters. The SMILES string of the molecule is O=S1O[C@H]2[C@H](N3c4ccccc4CCc4cc(F)ccc43)CCC[C@H]2O1. The minimum atomic E-state index is -1.68. The standard InChI is InChI=1S/C20H20FNO3S/c21-15-10-11-17-14(12-15)9-8-13-4-1-2-5-16(13)22(17)18-6-3-7-19-20(18)25-26(23)24-19/h1-2,4-5,10-12,18-20H,3,6-9H2/t18-,19-,20+,26?/m1/s1. The van der Waals surface area contributed by atoms with Crippen molar-refractivity contribution in [2.45, 2.75) is 50.4 Å². The van der Waals surface area contributed by atoms with Crippen LogP contribution >= 0.6 is 0 Å². The van der Waals surface area contributed by atoms with Gasteiger partial charge in [0.25, 0.3) is 0 Å². The molecule has 4 atom stereocenters. The van der Waals surface area contributed by atoms with Crippen LogP contribution in [0.15, 0.2) is 42.5 Å². The molecule has 0 spiro atoms. The fourth-order valence-electron chi connectivity index (χ4n) is 4.53. The van der Waals surface area contributed by atoms with E-state index in [1.807, 2.05) is 18.2 Å². The predicted octanol–water partition coefficient (Wildman–Crippen LogP) is 3.98. The van der Waals surface area contributed by atoms with Gasteiger partial charge >= 0.3 is 11.4 Å². The van der Waals surface area contributed by atoms with E-state index in [9.17, 15) is 8.60 Å². The van der Waals surface area contributed by atoms with Gasteiger partial charge in [0.05, 0.1) is 6.04 Å². The first-order chi connectivity index (χ1) is 12.7. The first-order valence-corrected chi connectivity index (χ1v) is 10.1. The number of halogens is 1. The minimum Gasteiger partial charge on any atom is -0.335 e. The van der Waals surface area contributed by atoms with Crippen LogP contribution in [0.5, 0.6) is 0 Å². The average Bonchev–Trinajstić information content (AvgIpc) is 2.95. The van der Waals surface area contributed by atoms with E-state index in [1.54, 1.807) is 6.07 Å². The molecule has 1 saturated carbocycles. The van der Waals surface area contributed by atoms with Crippen LogP contribution in [-0.4, -0.2) is 22.5 Å². The molecule has 1 saturated heterocycles. The van der Waals surface area contributed by atoms with Crippen LogP contribution in [0.25, 0.3) is 0 Å². The number of hydrogen-bond donors (Lipinski definition) is 0. The number of hydrogen-bond acceptors (Lipinski definition) is 4. The lowest BCUT2D eigenvalue weighted by Gasteiger charge is -2.41. The molecule has 0 amide bonds. The number of para-hydroxylation sites is 1. The van der Waals surface area contributed by atoms with Crippen molar-refractivity contribution in [2.24, 2.45) is 0 Å². The Kier molecular flexibility index (Phi) is 4.07. The maximum atomic E-state index is 13.9. The molecule has 26 heavy (non-hydrogen) atoms. The first-order valence-electron chi connectivity index (χ1n) is 9.12. The zero-order valence-electron chi connectivity index (χ0n) is 14.3. The van der Waals surface area contributed by atoms with Crippen LogP contribution < -0.4 is 4.90 Å². The van der Waals surface area contributed by atoms with Gasteiger partial charge < -0.3 is 4.90 Å². The van der Waals surface area contributed by atoms with Crippen LogP contribution in [0, 0.1) is 5.82 Å². The second-order valence-corrected chi connectivity index (χ2v) is 7.96. The molecule has 2 aromatic rings. The molecule has 2 heterocycles. The summed E-state index contributed by atoms with van der Waals surface area (Å²) in [4.78, 5) is 2.28. The van der Waals surface area contributed by atoms with Gasteiger partial charge in [0.15, 0.2) is 0 Å². The summed E-state index contributed by atoms with van der Waals surface area (Å²) in [5.41, 5.74) is 4.39. The Balaban J connectivity index is 1.66. The summed E-state index contributed by atoms with van der Waals surface area (Å²) in [5.74, 6) is -0.210. The van der Waals surface area contributed by atoms with Gasteiger partial charge in [-0.3, -0.25) is 8.37 Å². The Bertz CT molecular complexity index is 874. The van der Waals surface area contributed by atoms with Crippen LogP contribution in [0.1, 0.15) is 30.4 Å². The van der Waals surface area contributed by atoms with Gasteiger partial charge in [-0.15, -0.1) is 0 Å². The van der Waals surface area contributed by atoms with E-state index in [2.05, 4.69) is 17.0 Å². The van der Waals surface area contributed by atoms with Crippen molar-refractivity contribution >= 4 is 22.7 Å². The monoisotopic (exact) mass is 373 g/mol.